The first kappa shape index (κ1) is 27.1. The van der Waals surface area contributed by atoms with Crippen LogP contribution in [0.4, 0.5) is 0 Å². The zero-order valence-electron chi connectivity index (χ0n) is 24.1. The summed E-state index contributed by atoms with van der Waals surface area (Å²) in [6.45, 7) is 4.73. The Labute approximate surface area is 252 Å². The Hall–Kier alpha value is -3.76. The fourth-order valence-electron chi connectivity index (χ4n) is 6.24. The van der Waals surface area contributed by atoms with Gasteiger partial charge in [0.2, 0.25) is 0 Å². The standard InChI is InChI=1S/C39H34OP2/c1-39(2)33-25-15-27-35(41(29-17-7-3-8-18-29)30-19-9-4-10-20-30)37(33)40-38-34(39)26-16-28-36(38)42(31-21-11-5-12-22-31)32-23-13-6-14-24-32/h3-13,15-23,25-28H,14,24H2,1-2H3. The number of hydrogen-bond acceptors (Lipinski definition) is 1. The van der Waals surface area contributed by atoms with Crippen LogP contribution in [0.3, 0.4) is 0 Å². The SMILES string of the molecule is CC1(C)c2cccc(P(C3=CC=CCC3)c3ccccc3)c2Oc2c(P(c3ccccc3)c3ccccc3)cccc21. The summed E-state index contributed by atoms with van der Waals surface area (Å²) < 4.78 is 7.28. The lowest BCUT2D eigenvalue weighted by atomic mass is 9.76. The Morgan fingerprint density at radius 1 is 0.548 bits per heavy atom. The first-order chi connectivity index (χ1) is 20.6. The minimum Gasteiger partial charge on any atom is -0.455 e. The quantitative estimate of drug-likeness (QED) is 0.183. The lowest BCUT2D eigenvalue weighted by molar-refractivity contribution is 0.425. The monoisotopic (exact) mass is 580 g/mol. The summed E-state index contributed by atoms with van der Waals surface area (Å²) in [5.74, 6) is 2.07. The minimum atomic E-state index is -0.813. The van der Waals surface area contributed by atoms with Crippen molar-refractivity contribution in [3.05, 3.63) is 162 Å². The van der Waals surface area contributed by atoms with Crippen LogP contribution in [0.25, 0.3) is 0 Å². The fraction of sp³-hybridized carbons (Fsp3) is 0.128. The second kappa shape index (κ2) is 11.5. The molecule has 0 saturated heterocycles. The molecule has 3 heteroatoms. The van der Waals surface area contributed by atoms with Gasteiger partial charge in [-0.05, 0) is 49.9 Å². The first-order valence-corrected chi connectivity index (χ1v) is 17.4. The number of benzene rings is 5. The molecule has 2 aliphatic rings. The van der Waals surface area contributed by atoms with Crippen molar-refractivity contribution in [1.82, 2.24) is 0 Å². The first-order valence-electron chi connectivity index (χ1n) is 14.7. The molecular weight excluding hydrogens is 546 g/mol. The molecule has 1 unspecified atom stereocenters. The van der Waals surface area contributed by atoms with E-state index in [1.165, 1.54) is 43.0 Å². The van der Waals surface area contributed by atoms with Crippen molar-refractivity contribution in [2.45, 2.75) is 32.1 Å². The van der Waals surface area contributed by atoms with E-state index in [-0.39, 0.29) is 5.41 Å². The largest absolute Gasteiger partial charge is 0.455 e. The molecule has 0 fully saturated rings. The molecule has 5 aromatic carbocycles. The van der Waals surface area contributed by atoms with Crippen molar-refractivity contribution in [3.63, 3.8) is 0 Å². The number of fused-ring (bicyclic) bond motifs is 2. The number of allylic oxidation sites excluding steroid dienone is 4. The molecule has 0 amide bonds. The second-order valence-electron chi connectivity index (χ2n) is 11.3. The van der Waals surface area contributed by atoms with Crippen LogP contribution in [-0.4, -0.2) is 0 Å². The Bertz CT molecular complexity index is 1730. The van der Waals surface area contributed by atoms with Gasteiger partial charge in [0.25, 0.3) is 0 Å². The van der Waals surface area contributed by atoms with Gasteiger partial charge < -0.3 is 4.74 Å². The van der Waals surface area contributed by atoms with Crippen molar-refractivity contribution in [3.8, 4) is 11.5 Å². The average molecular weight is 581 g/mol. The van der Waals surface area contributed by atoms with Gasteiger partial charge in [0.05, 0.1) is 0 Å². The zero-order chi connectivity index (χ0) is 28.5. The van der Waals surface area contributed by atoms with Gasteiger partial charge in [-0.25, -0.2) is 0 Å². The molecule has 206 valence electrons. The van der Waals surface area contributed by atoms with Crippen LogP contribution >= 0.6 is 15.8 Å². The molecule has 7 rings (SSSR count). The maximum absolute atomic E-state index is 7.28. The second-order valence-corrected chi connectivity index (χ2v) is 15.8. The molecular formula is C39H34OP2. The van der Waals surface area contributed by atoms with Gasteiger partial charge in [-0.1, -0.05) is 159 Å². The normalized spacial score (nSPS) is 15.7. The van der Waals surface area contributed by atoms with Gasteiger partial charge >= 0.3 is 0 Å². The Balaban J connectivity index is 1.44. The van der Waals surface area contributed by atoms with Crippen LogP contribution in [0.5, 0.6) is 11.5 Å². The molecule has 0 aromatic heterocycles. The minimum absolute atomic E-state index is 0.206. The highest BCUT2D eigenvalue weighted by Crippen LogP contribution is 2.55. The molecule has 1 atom stereocenters. The summed E-state index contributed by atoms with van der Waals surface area (Å²) in [6, 6.07) is 46.6. The number of ether oxygens (including phenoxy) is 1. The average Bonchev–Trinajstić information content (AvgIpc) is 3.04. The van der Waals surface area contributed by atoms with Gasteiger partial charge in [-0.15, -0.1) is 0 Å². The van der Waals surface area contributed by atoms with E-state index in [0.29, 0.717) is 0 Å². The van der Waals surface area contributed by atoms with E-state index in [1.54, 1.807) is 0 Å². The molecule has 1 heterocycles. The molecule has 1 aliphatic carbocycles. The van der Waals surface area contributed by atoms with Crippen LogP contribution < -0.4 is 31.3 Å². The number of para-hydroxylation sites is 2. The third kappa shape index (κ3) is 4.86. The van der Waals surface area contributed by atoms with Crippen molar-refractivity contribution in [2.75, 3.05) is 0 Å². The van der Waals surface area contributed by atoms with E-state index in [9.17, 15) is 0 Å². The molecule has 5 aromatic rings. The van der Waals surface area contributed by atoms with Crippen LogP contribution in [0, 0.1) is 0 Å². The topological polar surface area (TPSA) is 9.23 Å². The van der Waals surface area contributed by atoms with E-state index in [1.807, 2.05) is 0 Å². The predicted octanol–water partition coefficient (Wildman–Crippen LogP) is 8.54. The Morgan fingerprint density at radius 3 is 1.50 bits per heavy atom. The zero-order valence-corrected chi connectivity index (χ0v) is 25.9. The van der Waals surface area contributed by atoms with E-state index in [0.717, 1.165) is 24.3 Å². The summed E-state index contributed by atoms with van der Waals surface area (Å²) in [7, 11) is -1.55. The van der Waals surface area contributed by atoms with Gasteiger partial charge in [0, 0.05) is 27.2 Å². The maximum Gasteiger partial charge on any atom is 0.139 e. The summed E-state index contributed by atoms with van der Waals surface area (Å²) in [4.78, 5) is 0. The summed E-state index contributed by atoms with van der Waals surface area (Å²) in [5.41, 5.74) is 2.32. The summed E-state index contributed by atoms with van der Waals surface area (Å²) in [5, 5.41) is 8.13. The highest BCUT2D eigenvalue weighted by atomic mass is 31.1. The van der Waals surface area contributed by atoms with Crippen LogP contribution in [0.2, 0.25) is 0 Å². The van der Waals surface area contributed by atoms with E-state index < -0.39 is 15.8 Å². The summed E-state index contributed by atoms with van der Waals surface area (Å²) >= 11 is 0. The third-order valence-corrected chi connectivity index (χ3v) is 13.4. The lowest BCUT2D eigenvalue weighted by Crippen LogP contribution is -2.32. The highest BCUT2D eigenvalue weighted by Gasteiger charge is 2.39. The van der Waals surface area contributed by atoms with Gasteiger partial charge in [-0.2, -0.15) is 0 Å². The fourth-order valence-corrected chi connectivity index (χ4v) is 11.2. The maximum atomic E-state index is 7.28. The molecule has 1 nitrogen and oxygen atoms in total. The van der Waals surface area contributed by atoms with Crippen molar-refractivity contribution in [2.24, 2.45) is 0 Å². The molecule has 0 radical (unpaired) electrons. The van der Waals surface area contributed by atoms with Gasteiger partial charge in [0.15, 0.2) is 0 Å². The van der Waals surface area contributed by atoms with Crippen molar-refractivity contribution < 1.29 is 4.74 Å². The molecule has 1 aliphatic heterocycles. The van der Waals surface area contributed by atoms with Gasteiger partial charge in [0.1, 0.15) is 11.5 Å². The number of rotatable bonds is 6. The van der Waals surface area contributed by atoms with Crippen LogP contribution in [0.1, 0.15) is 37.8 Å². The van der Waals surface area contributed by atoms with E-state index in [2.05, 4.69) is 159 Å². The molecule has 0 bridgehead atoms. The summed E-state index contributed by atoms with van der Waals surface area (Å²) in [6.07, 6.45) is 9.03. The molecule has 42 heavy (non-hydrogen) atoms. The van der Waals surface area contributed by atoms with Gasteiger partial charge in [-0.3, -0.25) is 0 Å². The Morgan fingerprint density at radius 2 is 1.02 bits per heavy atom. The van der Waals surface area contributed by atoms with E-state index >= 15 is 0 Å². The third-order valence-electron chi connectivity index (χ3n) is 8.34. The van der Waals surface area contributed by atoms with Crippen LogP contribution in [-0.2, 0) is 5.41 Å². The predicted molar refractivity (Wildman–Crippen MR) is 183 cm³/mol. The Kier molecular flexibility index (Phi) is 7.41. The molecule has 0 spiro atoms. The highest BCUT2D eigenvalue weighted by molar-refractivity contribution is 7.80. The smallest absolute Gasteiger partial charge is 0.139 e. The number of hydrogen-bond donors (Lipinski definition) is 0. The van der Waals surface area contributed by atoms with Crippen molar-refractivity contribution in [1.29, 1.82) is 0 Å². The molecule has 0 saturated carbocycles. The lowest BCUT2D eigenvalue weighted by Gasteiger charge is -2.38. The molecule has 0 N–H and O–H groups in total. The van der Waals surface area contributed by atoms with Crippen LogP contribution in [0.15, 0.2) is 151 Å². The van der Waals surface area contributed by atoms with Crippen molar-refractivity contribution >= 4 is 42.4 Å². The van der Waals surface area contributed by atoms with E-state index in [4.69, 9.17) is 4.74 Å².